The summed E-state index contributed by atoms with van der Waals surface area (Å²) in [6.45, 7) is 1.20. The molecule has 0 aliphatic rings. The van der Waals surface area contributed by atoms with Gasteiger partial charge in [0, 0.05) is 0 Å². The Bertz CT molecular complexity index is 37.0. The lowest BCUT2D eigenvalue weighted by atomic mass is 10.8. The van der Waals surface area contributed by atoms with E-state index in [9.17, 15) is 0 Å². The molecule has 8 heavy (non-hydrogen) atoms. The van der Waals surface area contributed by atoms with E-state index in [4.69, 9.17) is 9.47 Å². The summed E-state index contributed by atoms with van der Waals surface area (Å²) in [4.78, 5) is 0. The molecule has 0 bridgehead atoms. The van der Waals surface area contributed by atoms with E-state index < -0.39 is 0 Å². The Morgan fingerprint density at radius 2 is 1.25 bits per heavy atom. The number of thiol groups is 2. The molecular formula is C4H10O2S2. The molecule has 0 N–H and O–H groups in total. The molecular weight excluding hydrogens is 144 g/mol. The SMILES string of the molecule is SCOCCOCS. The lowest BCUT2D eigenvalue weighted by Gasteiger charge is -1.98. The van der Waals surface area contributed by atoms with Crippen LogP contribution in [0, 0.1) is 0 Å². The van der Waals surface area contributed by atoms with Crippen molar-refractivity contribution in [2.45, 2.75) is 0 Å². The standard InChI is InChI=1S/C4H10O2S2/c7-3-5-1-2-6-4-8/h7-8H,1-4H2. The van der Waals surface area contributed by atoms with Gasteiger partial charge in [-0.25, -0.2) is 0 Å². The van der Waals surface area contributed by atoms with Gasteiger partial charge in [-0.2, -0.15) is 25.3 Å². The first kappa shape index (κ1) is 8.62. The van der Waals surface area contributed by atoms with Crippen molar-refractivity contribution in [2.24, 2.45) is 0 Å². The van der Waals surface area contributed by atoms with Crippen LogP contribution in [0.25, 0.3) is 0 Å². The van der Waals surface area contributed by atoms with Crippen molar-refractivity contribution in [3.05, 3.63) is 0 Å². The van der Waals surface area contributed by atoms with Gasteiger partial charge in [-0.3, -0.25) is 0 Å². The van der Waals surface area contributed by atoms with E-state index in [2.05, 4.69) is 25.3 Å². The van der Waals surface area contributed by atoms with E-state index in [0.717, 1.165) is 0 Å². The third-order valence-electron chi connectivity index (χ3n) is 0.555. The highest BCUT2D eigenvalue weighted by Crippen LogP contribution is 1.81. The van der Waals surface area contributed by atoms with Crippen LogP contribution < -0.4 is 0 Å². The lowest BCUT2D eigenvalue weighted by molar-refractivity contribution is 0.0895. The molecule has 0 spiro atoms. The van der Waals surface area contributed by atoms with Gasteiger partial charge in [-0.1, -0.05) is 0 Å². The summed E-state index contributed by atoms with van der Waals surface area (Å²) in [7, 11) is 0. The zero-order valence-electron chi connectivity index (χ0n) is 4.54. The van der Waals surface area contributed by atoms with Crippen LogP contribution in [-0.4, -0.2) is 25.1 Å². The molecule has 0 amide bonds. The van der Waals surface area contributed by atoms with Crippen molar-refractivity contribution < 1.29 is 9.47 Å². The quantitative estimate of drug-likeness (QED) is 0.346. The molecule has 4 heteroatoms. The molecule has 0 rings (SSSR count). The van der Waals surface area contributed by atoms with E-state index in [0.29, 0.717) is 25.1 Å². The van der Waals surface area contributed by atoms with Crippen molar-refractivity contribution in [2.75, 3.05) is 25.1 Å². The largest absolute Gasteiger partial charge is 0.369 e. The number of rotatable bonds is 5. The maximum atomic E-state index is 4.84. The molecule has 0 fully saturated rings. The number of hydrogen-bond donors (Lipinski definition) is 2. The van der Waals surface area contributed by atoms with Crippen LogP contribution in [0.3, 0.4) is 0 Å². The molecule has 0 aromatic carbocycles. The average Bonchev–Trinajstić information content (AvgIpc) is 1.81. The fourth-order valence-corrected chi connectivity index (χ4v) is 0.505. The van der Waals surface area contributed by atoms with E-state index in [1.165, 1.54) is 0 Å². The summed E-state index contributed by atoms with van der Waals surface area (Å²) in [5.41, 5.74) is 0. The van der Waals surface area contributed by atoms with E-state index >= 15 is 0 Å². The second kappa shape index (κ2) is 7.62. The van der Waals surface area contributed by atoms with Gasteiger partial charge >= 0.3 is 0 Å². The van der Waals surface area contributed by atoms with Gasteiger partial charge in [-0.15, -0.1) is 0 Å². The molecule has 0 atom stereocenters. The minimum absolute atomic E-state index is 0.454. The zero-order chi connectivity index (χ0) is 6.24. The molecule has 0 aliphatic carbocycles. The summed E-state index contributed by atoms with van der Waals surface area (Å²) in [5.74, 6) is 0.909. The third-order valence-corrected chi connectivity index (χ3v) is 0.920. The first-order valence-electron chi connectivity index (χ1n) is 2.29. The maximum absolute atomic E-state index is 4.84. The van der Waals surface area contributed by atoms with Crippen LogP contribution in [0.15, 0.2) is 0 Å². The molecule has 0 aromatic rings. The number of hydrogen-bond acceptors (Lipinski definition) is 4. The first-order chi connectivity index (χ1) is 3.91. The van der Waals surface area contributed by atoms with Gasteiger partial charge in [0.15, 0.2) is 0 Å². The minimum atomic E-state index is 0.454. The highest BCUT2D eigenvalue weighted by Gasteiger charge is 1.81. The average molecular weight is 154 g/mol. The Balaban J connectivity index is 2.53. The Kier molecular flexibility index (Phi) is 8.21. The summed E-state index contributed by atoms with van der Waals surface area (Å²) in [6.07, 6.45) is 0. The Morgan fingerprint density at radius 3 is 1.50 bits per heavy atom. The van der Waals surface area contributed by atoms with Crippen molar-refractivity contribution in [1.82, 2.24) is 0 Å². The maximum Gasteiger partial charge on any atom is 0.0893 e. The van der Waals surface area contributed by atoms with Gasteiger partial charge in [0.2, 0.25) is 0 Å². The summed E-state index contributed by atoms with van der Waals surface area (Å²) in [6, 6.07) is 0. The van der Waals surface area contributed by atoms with Gasteiger partial charge in [0.25, 0.3) is 0 Å². The molecule has 0 aliphatic heterocycles. The fraction of sp³-hybridized carbons (Fsp3) is 1.00. The van der Waals surface area contributed by atoms with E-state index in [1.54, 1.807) is 0 Å². The van der Waals surface area contributed by atoms with Gasteiger partial charge in [-0.05, 0) is 0 Å². The molecule has 50 valence electrons. The highest BCUT2D eigenvalue weighted by molar-refractivity contribution is 7.80. The monoisotopic (exact) mass is 154 g/mol. The topological polar surface area (TPSA) is 18.5 Å². The van der Waals surface area contributed by atoms with Gasteiger partial charge < -0.3 is 9.47 Å². The predicted molar refractivity (Wildman–Crippen MR) is 39.6 cm³/mol. The van der Waals surface area contributed by atoms with Crippen LogP contribution in [0.5, 0.6) is 0 Å². The van der Waals surface area contributed by atoms with Crippen LogP contribution >= 0.6 is 25.3 Å². The Labute approximate surface area is 60.4 Å². The van der Waals surface area contributed by atoms with Crippen molar-refractivity contribution in [1.29, 1.82) is 0 Å². The molecule has 0 heterocycles. The Hall–Kier alpha value is 0.620. The fourth-order valence-electron chi connectivity index (χ4n) is 0.247. The molecule has 0 saturated heterocycles. The van der Waals surface area contributed by atoms with Crippen LogP contribution in [0.2, 0.25) is 0 Å². The summed E-state index contributed by atoms with van der Waals surface area (Å²) in [5, 5.41) is 0. The summed E-state index contributed by atoms with van der Waals surface area (Å²) < 4.78 is 9.68. The second-order valence-electron chi connectivity index (χ2n) is 1.07. The normalized spacial score (nSPS) is 9.75. The Morgan fingerprint density at radius 1 is 0.875 bits per heavy atom. The zero-order valence-corrected chi connectivity index (χ0v) is 6.33. The van der Waals surface area contributed by atoms with Crippen LogP contribution in [0.4, 0.5) is 0 Å². The minimum Gasteiger partial charge on any atom is -0.369 e. The highest BCUT2D eigenvalue weighted by atomic mass is 32.1. The molecule has 0 aromatic heterocycles. The van der Waals surface area contributed by atoms with Crippen molar-refractivity contribution in [3.8, 4) is 0 Å². The van der Waals surface area contributed by atoms with Crippen LogP contribution in [0.1, 0.15) is 0 Å². The third kappa shape index (κ3) is 6.62. The first-order valence-corrected chi connectivity index (χ1v) is 3.55. The smallest absolute Gasteiger partial charge is 0.0893 e. The van der Waals surface area contributed by atoms with Crippen molar-refractivity contribution in [3.63, 3.8) is 0 Å². The second-order valence-corrected chi connectivity index (χ2v) is 1.59. The predicted octanol–water partition coefficient (Wildman–Crippen LogP) is 0.794. The van der Waals surface area contributed by atoms with E-state index in [-0.39, 0.29) is 0 Å². The molecule has 0 unspecified atom stereocenters. The van der Waals surface area contributed by atoms with Crippen LogP contribution in [-0.2, 0) is 9.47 Å². The number of ether oxygens (including phenoxy) is 2. The van der Waals surface area contributed by atoms with E-state index in [1.807, 2.05) is 0 Å². The van der Waals surface area contributed by atoms with Gasteiger partial charge in [0.05, 0.1) is 25.1 Å². The van der Waals surface area contributed by atoms with Gasteiger partial charge in [0.1, 0.15) is 0 Å². The lowest BCUT2D eigenvalue weighted by Crippen LogP contribution is -2.01. The molecule has 2 nitrogen and oxygen atoms in total. The summed E-state index contributed by atoms with van der Waals surface area (Å²) >= 11 is 7.65. The van der Waals surface area contributed by atoms with Crippen molar-refractivity contribution >= 4 is 25.3 Å². The molecule has 0 radical (unpaired) electrons. The molecule has 0 saturated carbocycles.